The summed E-state index contributed by atoms with van der Waals surface area (Å²) in [5, 5.41) is 0.569. The van der Waals surface area contributed by atoms with E-state index in [2.05, 4.69) is 11.0 Å². The highest BCUT2D eigenvalue weighted by Gasteiger charge is 2.27. The number of rotatable bonds is 4. The summed E-state index contributed by atoms with van der Waals surface area (Å²) in [7, 11) is 0. The van der Waals surface area contributed by atoms with E-state index in [1.165, 1.54) is 5.56 Å². The van der Waals surface area contributed by atoms with Crippen molar-refractivity contribution in [3.8, 4) is 0 Å². The van der Waals surface area contributed by atoms with E-state index in [0.717, 1.165) is 37.1 Å². The zero-order valence-electron chi connectivity index (χ0n) is 16.1. The van der Waals surface area contributed by atoms with Crippen molar-refractivity contribution in [2.45, 2.75) is 33.4 Å². The van der Waals surface area contributed by atoms with E-state index in [4.69, 9.17) is 16.0 Å². The number of likely N-dealkylation sites (tertiary alicyclic amines) is 1. The van der Waals surface area contributed by atoms with Crippen LogP contribution in [-0.4, -0.2) is 28.3 Å². The van der Waals surface area contributed by atoms with Gasteiger partial charge in [0, 0.05) is 29.6 Å². The fourth-order valence-electron chi connectivity index (χ4n) is 4.02. The highest BCUT2D eigenvalue weighted by Crippen LogP contribution is 2.25. The molecule has 1 aromatic heterocycles. The van der Waals surface area contributed by atoms with Crippen LogP contribution < -0.4 is 5.76 Å². The molecule has 0 spiro atoms. The lowest BCUT2D eigenvalue weighted by atomic mass is 9.87. The van der Waals surface area contributed by atoms with Gasteiger partial charge in [-0.15, -0.1) is 0 Å². The van der Waals surface area contributed by atoms with E-state index < -0.39 is 0 Å². The lowest BCUT2D eigenvalue weighted by Gasteiger charge is -2.31. The Morgan fingerprint density at radius 1 is 1.14 bits per heavy atom. The number of ketones is 1. The molecule has 0 saturated carbocycles. The molecule has 0 amide bonds. The van der Waals surface area contributed by atoms with Gasteiger partial charge in [0.05, 0.1) is 12.2 Å². The molecule has 1 saturated heterocycles. The van der Waals surface area contributed by atoms with Crippen molar-refractivity contribution in [2.24, 2.45) is 5.92 Å². The Kier molecular flexibility index (Phi) is 5.13. The standard InChI is InChI=1S/C22H23ClN2O3/c1-14-3-5-18(15(2)11-14)21(26)16-7-9-24(10-8-16)13-25-19-12-17(23)4-6-20(19)28-22(25)27/h3-6,11-12,16H,7-10,13H2,1-2H3. The van der Waals surface area contributed by atoms with Crippen molar-refractivity contribution in [2.75, 3.05) is 13.1 Å². The van der Waals surface area contributed by atoms with Crippen LogP contribution in [-0.2, 0) is 6.67 Å². The second-order valence-electron chi connectivity index (χ2n) is 7.62. The predicted molar refractivity (Wildman–Crippen MR) is 110 cm³/mol. The fourth-order valence-corrected chi connectivity index (χ4v) is 4.18. The zero-order valence-corrected chi connectivity index (χ0v) is 16.8. The molecule has 0 unspecified atom stereocenters. The fraction of sp³-hybridized carbons (Fsp3) is 0.364. The van der Waals surface area contributed by atoms with Gasteiger partial charge in [-0.3, -0.25) is 14.3 Å². The first kappa shape index (κ1) is 19.0. The van der Waals surface area contributed by atoms with Gasteiger partial charge in [0.2, 0.25) is 0 Å². The number of carbonyl (C=O) groups excluding carboxylic acids is 1. The molecule has 1 fully saturated rings. The number of Topliss-reactive ketones (excluding diaryl/α,β-unsaturated/α-hetero) is 1. The highest BCUT2D eigenvalue weighted by molar-refractivity contribution is 6.31. The van der Waals surface area contributed by atoms with Crippen LogP contribution in [0.25, 0.3) is 11.1 Å². The third-order valence-electron chi connectivity index (χ3n) is 5.58. The topological polar surface area (TPSA) is 55.5 Å². The van der Waals surface area contributed by atoms with Gasteiger partial charge < -0.3 is 4.42 Å². The molecule has 146 valence electrons. The highest BCUT2D eigenvalue weighted by atomic mass is 35.5. The first-order chi connectivity index (χ1) is 13.4. The average molecular weight is 399 g/mol. The minimum Gasteiger partial charge on any atom is -0.408 e. The number of fused-ring (bicyclic) bond motifs is 1. The minimum absolute atomic E-state index is 0.0323. The number of hydrogen-bond acceptors (Lipinski definition) is 4. The number of benzene rings is 2. The number of halogens is 1. The van der Waals surface area contributed by atoms with Crippen molar-refractivity contribution < 1.29 is 9.21 Å². The smallest absolute Gasteiger partial charge is 0.408 e. The lowest BCUT2D eigenvalue weighted by molar-refractivity contribution is 0.0808. The molecule has 2 heterocycles. The summed E-state index contributed by atoms with van der Waals surface area (Å²) in [6.07, 6.45) is 1.58. The maximum Gasteiger partial charge on any atom is 0.421 e. The van der Waals surface area contributed by atoms with Crippen LogP contribution in [0.5, 0.6) is 0 Å². The first-order valence-electron chi connectivity index (χ1n) is 9.55. The monoisotopic (exact) mass is 398 g/mol. The summed E-state index contributed by atoms with van der Waals surface area (Å²) in [6, 6.07) is 11.2. The van der Waals surface area contributed by atoms with Crippen LogP contribution in [0.2, 0.25) is 5.02 Å². The third kappa shape index (κ3) is 3.64. The van der Waals surface area contributed by atoms with Gasteiger partial charge in [0.1, 0.15) is 0 Å². The Hall–Kier alpha value is -2.37. The van der Waals surface area contributed by atoms with Crippen molar-refractivity contribution in [1.82, 2.24) is 9.47 Å². The third-order valence-corrected chi connectivity index (χ3v) is 5.81. The van der Waals surface area contributed by atoms with Gasteiger partial charge in [-0.25, -0.2) is 4.79 Å². The number of piperidine rings is 1. The number of hydrogen-bond donors (Lipinski definition) is 0. The first-order valence-corrected chi connectivity index (χ1v) is 9.93. The van der Waals surface area contributed by atoms with Gasteiger partial charge >= 0.3 is 5.76 Å². The average Bonchev–Trinajstić information content (AvgIpc) is 2.97. The number of nitrogens with zero attached hydrogens (tertiary/aromatic N) is 2. The number of oxazole rings is 1. The minimum atomic E-state index is -0.384. The number of aryl methyl sites for hydroxylation is 2. The van der Waals surface area contributed by atoms with Gasteiger partial charge in [-0.2, -0.15) is 0 Å². The Labute approximate surface area is 168 Å². The largest absolute Gasteiger partial charge is 0.421 e. The molecule has 1 aliphatic heterocycles. The molecule has 5 nitrogen and oxygen atoms in total. The summed E-state index contributed by atoms with van der Waals surface area (Å²) < 4.78 is 6.91. The van der Waals surface area contributed by atoms with Crippen LogP contribution in [0.1, 0.15) is 34.3 Å². The molecular weight excluding hydrogens is 376 g/mol. The molecule has 0 atom stereocenters. The van der Waals surface area contributed by atoms with Crippen molar-refractivity contribution in [3.05, 3.63) is 68.7 Å². The molecule has 0 radical (unpaired) electrons. The summed E-state index contributed by atoms with van der Waals surface area (Å²) in [5.74, 6) is -0.120. The molecule has 1 aliphatic rings. The zero-order chi connectivity index (χ0) is 19.8. The molecule has 3 aromatic rings. The molecule has 28 heavy (non-hydrogen) atoms. The summed E-state index contributed by atoms with van der Waals surface area (Å²) in [4.78, 5) is 27.3. The van der Waals surface area contributed by atoms with Crippen molar-refractivity contribution >= 4 is 28.5 Å². The molecule has 0 bridgehead atoms. The van der Waals surface area contributed by atoms with Crippen LogP contribution in [0.3, 0.4) is 0 Å². The Morgan fingerprint density at radius 3 is 2.61 bits per heavy atom. The molecule has 2 aromatic carbocycles. The Balaban J connectivity index is 1.45. The van der Waals surface area contributed by atoms with E-state index in [9.17, 15) is 9.59 Å². The summed E-state index contributed by atoms with van der Waals surface area (Å²) >= 11 is 6.07. The van der Waals surface area contributed by atoms with E-state index in [0.29, 0.717) is 22.8 Å². The van der Waals surface area contributed by atoms with Crippen LogP contribution >= 0.6 is 11.6 Å². The Bertz CT molecular complexity index is 1090. The van der Waals surface area contributed by atoms with Gasteiger partial charge in [-0.1, -0.05) is 35.4 Å². The van der Waals surface area contributed by atoms with Crippen molar-refractivity contribution in [1.29, 1.82) is 0 Å². The maximum absolute atomic E-state index is 12.9. The van der Waals surface area contributed by atoms with Crippen LogP contribution in [0.15, 0.2) is 45.6 Å². The second-order valence-corrected chi connectivity index (χ2v) is 8.06. The van der Waals surface area contributed by atoms with E-state index in [-0.39, 0.29) is 17.5 Å². The normalized spacial score (nSPS) is 16.0. The number of carbonyl (C=O) groups is 1. The van der Waals surface area contributed by atoms with E-state index >= 15 is 0 Å². The van der Waals surface area contributed by atoms with Gasteiger partial charge in [-0.05, 0) is 50.5 Å². The number of aromatic nitrogens is 1. The lowest BCUT2D eigenvalue weighted by Crippen LogP contribution is -2.39. The second kappa shape index (κ2) is 7.57. The van der Waals surface area contributed by atoms with E-state index in [1.54, 1.807) is 22.8 Å². The van der Waals surface area contributed by atoms with Crippen molar-refractivity contribution in [3.63, 3.8) is 0 Å². The van der Waals surface area contributed by atoms with Crippen LogP contribution in [0, 0.1) is 19.8 Å². The molecule has 0 N–H and O–H groups in total. The molecule has 4 rings (SSSR count). The Morgan fingerprint density at radius 2 is 1.89 bits per heavy atom. The predicted octanol–water partition coefficient (Wildman–Crippen LogP) is 4.42. The summed E-state index contributed by atoms with van der Waals surface area (Å²) in [6.45, 7) is 6.00. The maximum atomic E-state index is 12.9. The van der Waals surface area contributed by atoms with Gasteiger partial charge in [0.25, 0.3) is 0 Å². The quantitative estimate of drug-likeness (QED) is 0.610. The van der Waals surface area contributed by atoms with Gasteiger partial charge in [0.15, 0.2) is 11.4 Å². The molecule has 6 heteroatoms. The SMILES string of the molecule is Cc1ccc(C(=O)C2CCN(Cn3c(=O)oc4ccc(Cl)cc43)CC2)c(C)c1. The molecule has 0 aliphatic carbocycles. The molecular formula is C22H23ClN2O3. The van der Waals surface area contributed by atoms with E-state index in [1.807, 2.05) is 26.0 Å². The summed E-state index contributed by atoms with van der Waals surface area (Å²) in [5.41, 5.74) is 4.28. The van der Waals surface area contributed by atoms with Crippen LogP contribution in [0.4, 0.5) is 0 Å².